The minimum Gasteiger partial charge on any atom is -0.347 e. The van der Waals surface area contributed by atoms with Gasteiger partial charge in [0.15, 0.2) is 0 Å². The lowest BCUT2D eigenvalue weighted by atomic mass is 10.1. The van der Waals surface area contributed by atoms with Gasteiger partial charge in [0, 0.05) is 17.4 Å². The summed E-state index contributed by atoms with van der Waals surface area (Å²) < 4.78 is 0.877. The van der Waals surface area contributed by atoms with Crippen molar-refractivity contribution in [2.24, 2.45) is 0 Å². The molecular weight excluding hydrogens is 308 g/mol. The lowest BCUT2D eigenvalue weighted by molar-refractivity contribution is 0.205. The number of amides is 2. The lowest BCUT2D eigenvalue weighted by Gasteiger charge is -2.26. The first-order chi connectivity index (χ1) is 9.24. The molecular formula is C13H13BrN4O. The van der Waals surface area contributed by atoms with E-state index in [0.29, 0.717) is 13.1 Å². The smallest absolute Gasteiger partial charge is 0.322 e. The molecule has 0 saturated carbocycles. The Bertz CT molecular complexity index is 610. The molecule has 0 radical (unpaired) electrons. The number of aromatic amines is 1. The van der Waals surface area contributed by atoms with E-state index in [0.717, 1.165) is 28.0 Å². The number of imidazole rings is 1. The molecule has 2 heterocycles. The third-order valence-electron chi connectivity index (χ3n) is 3.18. The van der Waals surface area contributed by atoms with E-state index in [4.69, 9.17) is 0 Å². The van der Waals surface area contributed by atoms with E-state index in [1.54, 1.807) is 11.2 Å². The van der Waals surface area contributed by atoms with Crippen LogP contribution in [0, 0.1) is 0 Å². The Labute approximate surface area is 119 Å². The number of urea groups is 1. The van der Waals surface area contributed by atoms with Crippen LogP contribution in [0.3, 0.4) is 0 Å². The van der Waals surface area contributed by atoms with E-state index < -0.39 is 0 Å². The monoisotopic (exact) mass is 320 g/mol. The molecule has 3 rings (SSSR count). The molecule has 0 spiro atoms. The summed E-state index contributed by atoms with van der Waals surface area (Å²) >= 11 is 3.42. The van der Waals surface area contributed by atoms with Crippen molar-refractivity contribution >= 4 is 27.6 Å². The van der Waals surface area contributed by atoms with Crippen molar-refractivity contribution in [2.75, 3.05) is 11.9 Å². The van der Waals surface area contributed by atoms with Gasteiger partial charge in [-0.2, -0.15) is 0 Å². The highest BCUT2D eigenvalue weighted by Gasteiger charge is 2.22. The number of hydrogen-bond donors (Lipinski definition) is 2. The van der Waals surface area contributed by atoms with Gasteiger partial charge in [0.05, 0.1) is 29.9 Å². The Kier molecular flexibility index (Phi) is 3.25. The fraction of sp³-hybridized carbons (Fsp3) is 0.231. The van der Waals surface area contributed by atoms with Gasteiger partial charge in [-0.1, -0.05) is 12.1 Å². The van der Waals surface area contributed by atoms with E-state index in [2.05, 4.69) is 31.2 Å². The van der Waals surface area contributed by atoms with Crippen LogP contribution < -0.4 is 5.32 Å². The van der Waals surface area contributed by atoms with Crippen LogP contribution >= 0.6 is 15.9 Å². The molecule has 6 heteroatoms. The zero-order valence-electron chi connectivity index (χ0n) is 10.2. The Morgan fingerprint density at radius 1 is 1.42 bits per heavy atom. The minimum absolute atomic E-state index is 0.0906. The van der Waals surface area contributed by atoms with E-state index in [9.17, 15) is 4.79 Å². The van der Waals surface area contributed by atoms with Crippen LogP contribution in [-0.4, -0.2) is 27.4 Å². The summed E-state index contributed by atoms with van der Waals surface area (Å²) in [4.78, 5) is 21.3. The standard InChI is InChI=1S/C13H13BrN4O/c14-9-3-1-2-4-10(9)17-13(19)18-6-5-11-12(7-18)16-8-15-11/h1-4,8H,5-7H2,(H,15,16)(H,17,19). The number of H-pyrrole nitrogens is 1. The first-order valence-corrected chi connectivity index (χ1v) is 6.85. The Balaban J connectivity index is 1.71. The topological polar surface area (TPSA) is 61.0 Å². The molecule has 1 aliphatic rings. The van der Waals surface area contributed by atoms with E-state index >= 15 is 0 Å². The Hall–Kier alpha value is -1.82. The molecule has 0 aliphatic carbocycles. The first kappa shape index (κ1) is 12.2. The highest BCUT2D eigenvalue weighted by atomic mass is 79.9. The number of rotatable bonds is 1. The molecule has 2 aromatic rings. The molecule has 0 bridgehead atoms. The molecule has 0 saturated heterocycles. The van der Waals surface area contributed by atoms with Crippen molar-refractivity contribution in [3.05, 3.63) is 46.5 Å². The minimum atomic E-state index is -0.0906. The predicted molar refractivity (Wildman–Crippen MR) is 75.9 cm³/mol. The van der Waals surface area contributed by atoms with E-state index in [1.165, 1.54) is 0 Å². The van der Waals surface area contributed by atoms with Crippen molar-refractivity contribution in [1.29, 1.82) is 0 Å². The molecule has 19 heavy (non-hydrogen) atoms. The molecule has 2 amide bonds. The SMILES string of the molecule is O=C(Nc1ccccc1Br)N1CCc2nc[nH]c2C1. The maximum absolute atomic E-state index is 12.2. The number of aromatic nitrogens is 2. The number of halogens is 1. The first-order valence-electron chi connectivity index (χ1n) is 6.05. The summed E-state index contributed by atoms with van der Waals surface area (Å²) in [5.74, 6) is 0. The fourth-order valence-electron chi connectivity index (χ4n) is 2.14. The second kappa shape index (κ2) is 5.05. The molecule has 1 aliphatic heterocycles. The largest absolute Gasteiger partial charge is 0.347 e. The zero-order chi connectivity index (χ0) is 13.2. The third-order valence-corrected chi connectivity index (χ3v) is 3.87. The molecule has 1 aromatic heterocycles. The molecule has 98 valence electrons. The van der Waals surface area contributed by atoms with Gasteiger partial charge in [0.25, 0.3) is 0 Å². The van der Waals surface area contributed by atoms with Crippen LogP contribution in [0.25, 0.3) is 0 Å². The highest BCUT2D eigenvalue weighted by molar-refractivity contribution is 9.10. The number of fused-ring (bicyclic) bond motifs is 1. The fourth-order valence-corrected chi connectivity index (χ4v) is 2.53. The summed E-state index contributed by atoms with van der Waals surface area (Å²) in [6, 6.07) is 7.49. The predicted octanol–water partition coefficient (Wildman–Crippen LogP) is 2.76. The van der Waals surface area contributed by atoms with E-state index in [1.807, 2.05) is 24.3 Å². The molecule has 1 aromatic carbocycles. The van der Waals surface area contributed by atoms with E-state index in [-0.39, 0.29) is 6.03 Å². The number of carbonyl (C=O) groups excluding carboxylic acids is 1. The maximum Gasteiger partial charge on any atom is 0.322 e. The van der Waals surface area contributed by atoms with Crippen molar-refractivity contribution < 1.29 is 4.79 Å². The van der Waals surface area contributed by atoms with Gasteiger partial charge < -0.3 is 15.2 Å². The number of hydrogen-bond acceptors (Lipinski definition) is 2. The van der Waals surface area contributed by atoms with Gasteiger partial charge >= 0.3 is 6.03 Å². The second-order valence-electron chi connectivity index (χ2n) is 4.41. The molecule has 0 unspecified atom stereocenters. The number of nitrogens with zero attached hydrogens (tertiary/aromatic N) is 2. The summed E-state index contributed by atoms with van der Waals surface area (Å²) in [5.41, 5.74) is 2.86. The van der Waals surface area contributed by atoms with Crippen molar-refractivity contribution in [1.82, 2.24) is 14.9 Å². The van der Waals surface area contributed by atoms with Gasteiger partial charge in [0.1, 0.15) is 0 Å². The van der Waals surface area contributed by atoms with Gasteiger partial charge in [0.2, 0.25) is 0 Å². The highest BCUT2D eigenvalue weighted by Crippen LogP contribution is 2.22. The normalized spacial score (nSPS) is 14.1. The summed E-state index contributed by atoms with van der Waals surface area (Å²) in [6.07, 6.45) is 2.47. The van der Waals surface area contributed by atoms with Crippen LogP contribution in [0.1, 0.15) is 11.4 Å². The van der Waals surface area contributed by atoms with Crippen molar-refractivity contribution in [3.63, 3.8) is 0 Å². The van der Waals surface area contributed by atoms with Gasteiger partial charge in [-0.15, -0.1) is 0 Å². The van der Waals surface area contributed by atoms with Crippen molar-refractivity contribution in [3.8, 4) is 0 Å². The molecule has 2 N–H and O–H groups in total. The summed E-state index contributed by atoms with van der Waals surface area (Å²) in [7, 11) is 0. The number of nitrogens with one attached hydrogen (secondary N) is 2. The van der Waals surface area contributed by atoms with Crippen LogP contribution in [0.15, 0.2) is 35.1 Å². The van der Waals surface area contributed by atoms with Crippen LogP contribution in [0.2, 0.25) is 0 Å². The lowest BCUT2D eigenvalue weighted by Crippen LogP contribution is -2.39. The second-order valence-corrected chi connectivity index (χ2v) is 5.26. The third kappa shape index (κ3) is 2.49. The molecule has 5 nitrogen and oxygen atoms in total. The van der Waals surface area contributed by atoms with Gasteiger partial charge in [-0.05, 0) is 28.1 Å². The zero-order valence-corrected chi connectivity index (χ0v) is 11.8. The van der Waals surface area contributed by atoms with Gasteiger partial charge in [-0.25, -0.2) is 9.78 Å². The quantitative estimate of drug-likeness (QED) is 0.848. The number of carbonyl (C=O) groups is 1. The molecule has 0 atom stereocenters. The summed E-state index contributed by atoms with van der Waals surface area (Å²) in [5, 5.41) is 2.91. The number of anilines is 1. The maximum atomic E-state index is 12.2. The summed E-state index contributed by atoms with van der Waals surface area (Å²) in [6.45, 7) is 1.26. The average Bonchev–Trinajstić information content (AvgIpc) is 2.88. The van der Waals surface area contributed by atoms with Crippen molar-refractivity contribution in [2.45, 2.75) is 13.0 Å². The average molecular weight is 321 g/mol. The van der Waals surface area contributed by atoms with Crippen LogP contribution in [0.4, 0.5) is 10.5 Å². The number of benzene rings is 1. The molecule has 0 fully saturated rings. The van der Waals surface area contributed by atoms with Crippen LogP contribution in [-0.2, 0) is 13.0 Å². The Morgan fingerprint density at radius 3 is 3.11 bits per heavy atom. The number of para-hydroxylation sites is 1. The van der Waals surface area contributed by atoms with Crippen LogP contribution in [0.5, 0.6) is 0 Å². The Morgan fingerprint density at radius 2 is 2.26 bits per heavy atom. The van der Waals surface area contributed by atoms with Gasteiger partial charge in [-0.3, -0.25) is 0 Å².